The molecule has 10 heteroatoms. The lowest BCUT2D eigenvalue weighted by atomic mass is 10.1. The molecule has 0 spiro atoms. The van der Waals surface area contributed by atoms with Crippen LogP contribution in [0, 0.1) is 0 Å². The summed E-state index contributed by atoms with van der Waals surface area (Å²) in [6, 6.07) is 6.74. The average molecular weight is 442 g/mol. The Morgan fingerprint density at radius 1 is 1.28 bits per heavy atom. The highest BCUT2D eigenvalue weighted by Gasteiger charge is 2.23. The van der Waals surface area contributed by atoms with Gasteiger partial charge in [-0.3, -0.25) is 9.20 Å². The molecular weight excluding hydrogens is 422 g/mol. The highest BCUT2D eigenvalue weighted by atomic mass is 19.3. The molecule has 0 radical (unpaired) electrons. The fourth-order valence-electron chi connectivity index (χ4n) is 3.41. The van der Waals surface area contributed by atoms with E-state index in [2.05, 4.69) is 20.5 Å². The topological polar surface area (TPSA) is 86.1 Å². The molecule has 1 aliphatic heterocycles. The predicted octanol–water partition coefficient (Wildman–Crippen LogP) is 3.75. The number of benzene rings is 1. The number of pyridine rings is 1. The number of imidazole rings is 1. The summed E-state index contributed by atoms with van der Waals surface area (Å²) >= 11 is 0. The van der Waals surface area contributed by atoms with Crippen molar-refractivity contribution in [1.29, 1.82) is 0 Å². The smallest absolute Gasteiger partial charge is 0.387 e. The standard InChI is InChI=1S/C22H20F2N4O4/c1-3-25-21(29)20-17(30-2)8-15(9-18(20)32-22(23)24)16-12-26-19-10-13(4-6-28(16)19)14-5-7-31-27-11-14/h4-12,22,27H,3H2,1-2H3,(H,25,29). The van der Waals surface area contributed by atoms with Crippen molar-refractivity contribution in [3.8, 4) is 22.8 Å². The van der Waals surface area contributed by atoms with Crippen molar-refractivity contribution in [3.63, 3.8) is 0 Å². The molecule has 0 bridgehead atoms. The quantitative estimate of drug-likeness (QED) is 0.580. The first-order chi connectivity index (χ1) is 15.5. The molecule has 2 N–H and O–H groups in total. The van der Waals surface area contributed by atoms with Crippen LogP contribution in [-0.2, 0) is 4.84 Å². The zero-order valence-corrected chi connectivity index (χ0v) is 17.3. The number of carbonyl (C=O) groups is 1. The zero-order valence-electron chi connectivity index (χ0n) is 17.3. The first kappa shape index (κ1) is 21.2. The van der Waals surface area contributed by atoms with Crippen LogP contribution in [0.5, 0.6) is 11.5 Å². The third-order valence-electron chi connectivity index (χ3n) is 4.81. The number of rotatable bonds is 7. The Hall–Kier alpha value is -4.08. The van der Waals surface area contributed by atoms with Gasteiger partial charge in [-0.25, -0.2) is 10.5 Å². The largest absolute Gasteiger partial charge is 0.496 e. The molecule has 3 aromatic rings. The number of carbonyl (C=O) groups excluding carboxylic acids is 1. The lowest BCUT2D eigenvalue weighted by Crippen LogP contribution is -2.24. The Balaban J connectivity index is 1.81. The molecule has 166 valence electrons. The summed E-state index contributed by atoms with van der Waals surface area (Å²) in [6.45, 7) is -1.07. The summed E-state index contributed by atoms with van der Waals surface area (Å²) in [5.41, 5.74) is 6.14. The molecule has 0 fully saturated rings. The highest BCUT2D eigenvalue weighted by Crippen LogP contribution is 2.36. The van der Waals surface area contributed by atoms with Crippen LogP contribution in [0.1, 0.15) is 22.8 Å². The van der Waals surface area contributed by atoms with Crippen LogP contribution in [-0.4, -0.2) is 35.6 Å². The molecule has 0 saturated carbocycles. The van der Waals surface area contributed by atoms with Crippen molar-refractivity contribution < 1.29 is 27.9 Å². The number of ether oxygens (including phenoxy) is 2. The Morgan fingerprint density at radius 3 is 2.78 bits per heavy atom. The van der Waals surface area contributed by atoms with Crippen molar-refractivity contribution in [1.82, 2.24) is 20.2 Å². The van der Waals surface area contributed by atoms with E-state index in [0.29, 0.717) is 23.4 Å². The number of allylic oxidation sites excluding steroid dienone is 2. The van der Waals surface area contributed by atoms with E-state index in [4.69, 9.17) is 9.57 Å². The minimum atomic E-state index is -3.11. The minimum Gasteiger partial charge on any atom is -0.496 e. The van der Waals surface area contributed by atoms with Crippen LogP contribution in [0.4, 0.5) is 8.78 Å². The van der Waals surface area contributed by atoms with Gasteiger partial charge in [0.1, 0.15) is 29.0 Å². The Bertz CT molecular complexity index is 1220. The van der Waals surface area contributed by atoms with Crippen LogP contribution in [0.15, 0.2) is 55.2 Å². The second-order valence-electron chi connectivity index (χ2n) is 6.71. The van der Waals surface area contributed by atoms with Crippen molar-refractivity contribution in [2.75, 3.05) is 13.7 Å². The summed E-state index contributed by atoms with van der Waals surface area (Å²) in [4.78, 5) is 21.8. The minimum absolute atomic E-state index is 0.0970. The number of hydroxylamine groups is 1. The number of hydrogen-bond acceptors (Lipinski definition) is 6. The van der Waals surface area contributed by atoms with Crippen LogP contribution in [0.3, 0.4) is 0 Å². The van der Waals surface area contributed by atoms with Crippen molar-refractivity contribution in [2.45, 2.75) is 13.5 Å². The molecule has 0 atom stereocenters. The van der Waals surface area contributed by atoms with Crippen molar-refractivity contribution >= 4 is 17.1 Å². The van der Waals surface area contributed by atoms with E-state index < -0.39 is 12.5 Å². The van der Waals surface area contributed by atoms with Gasteiger partial charge in [0.2, 0.25) is 0 Å². The maximum Gasteiger partial charge on any atom is 0.387 e. The summed E-state index contributed by atoms with van der Waals surface area (Å²) < 4.78 is 38.0. The normalized spacial score (nSPS) is 12.8. The van der Waals surface area contributed by atoms with Gasteiger partial charge in [-0.1, -0.05) is 0 Å². The second-order valence-corrected chi connectivity index (χ2v) is 6.71. The number of fused-ring (bicyclic) bond motifs is 1. The second kappa shape index (κ2) is 8.96. The molecule has 4 rings (SSSR count). The van der Waals surface area contributed by atoms with Gasteiger partial charge in [-0.2, -0.15) is 8.78 Å². The van der Waals surface area contributed by atoms with Crippen LogP contribution in [0.2, 0.25) is 0 Å². The third kappa shape index (κ3) is 4.07. The van der Waals surface area contributed by atoms with Gasteiger partial charge < -0.3 is 19.6 Å². The maximum atomic E-state index is 13.1. The Kier molecular flexibility index (Phi) is 5.93. The van der Waals surface area contributed by atoms with Gasteiger partial charge in [0, 0.05) is 30.1 Å². The van der Waals surface area contributed by atoms with E-state index in [1.54, 1.807) is 29.8 Å². The molecular formula is C22H20F2N4O4. The van der Waals surface area contributed by atoms with Crippen LogP contribution < -0.4 is 20.3 Å². The average Bonchev–Trinajstić information content (AvgIpc) is 3.22. The number of halogens is 2. The van der Waals surface area contributed by atoms with E-state index >= 15 is 0 Å². The van der Waals surface area contributed by atoms with Crippen molar-refractivity contribution in [2.24, 2.45) is 0 Å². The molecule has 0 saturated heterocycles. The van der Waals surface area contributed by atoms with Crippen LogP contribution in [0.25, 0.3) is 22.5 Å². The number of nitrogens with one attached hydrogen (secondary N) is 2. The number of methoxy groups -OCH3 is 1. The molecule has 1 aliphatic rings. The van der Waals surface area contributed by atoms with Gasteiger partial charge in [0.15, 0.2) is 0 Å². The summed E-state index contributed by atoms with van der Waals surface area (Å²) in [6.07, 6.45) is 8.48. The van der Waals surface area contributed by atoms with Gasteiger partial charge in [0.25, 0.3) is 5.91 Å². The summed E-state index contributed by atoms with van der Waals surface area (Å²) in [5.74, 6) is -0.740. The summed E-state index contributed by atoms with van der Waals surface area (Å²) in [5, 5.41) is 2.59. The van der Waals surface area contributed by atoms with E-state index in [1.807, 2.05) is 24.4 Å². The molecule has 0 aliphatic carbocycles. The molecule has 2 aromatic heterocycles. The number of alkyl halides is 2. The van der Waals surface area contributed by atoms with E-state index in [0.717, 1.165) is 11.1 Å². The van der Waals surface area contributed by atoms with Crippen molar-refractivity contribution in [3.05, 3.63) is 66.3 Å². The molecule has 3 heterocycles. The Morgan fingerprint density at radius 2 is 2.09 bits per heavy atom. The fourth-order valence-corrected chi connectivity index (χ4v) is 3.41. The number of aromatic nitrogens is 2. The fraction of sp³-hybridized carbons (Fsp3) is 0.182. The first-order valence-electron chi connectivity index (χ1n) is 9.72. The monoisotopic (exact) mass is 442 g/mol. The van der Waals surface area contributed by atoms with Gasteiger partial charge in [0.05, 0.1) is 19.0 Å². The van der Waals surface area contributed by atoms with Gasteiger partial charge >= 0.3 is 6.61 Å². The molecule has 1 amide bonds. The maximum absolute atomic E-state index is 13.1. The van der Waals surface area contributed by atoms with E-state index in [1.165, 1.54) is 19.4 Å². The number of hydrogen-bond donors (Lipinski definition) is 2. The van der Waals surface area contributed by atoms with E-state index in [-0.39, 0.29) is 17.1 Å². The lowest BCUT2D eigenvalue weighted by Gasteiger charge is -2.16. The highest BCUT2D eigenvalue weighted by molar-refractivity contribution is 6.00. The molecule has 0 unspecified atom stereocenters. The van der Waals surface area contributed by atoms with Gasteiger partial charge in [-0.15, -0.1) is 0 Å². The number of amides is 1. The lowest BCUT2D eigenvalue weighted by molar-refractivity contribution is -0.0502. The van der Waals surface area contributed by atoms with Crippen LogP contribution >= 0.6 is 0 Å². The zero-order chi connectivity index (χ0) is 22.7. The Labute approximate surface area is 182 Å². The molecule has 1 aromatic carbocycles. The van der Waals surface area contributed by atoms with E-state index in [9.17, 15) is 13.6 Å². The number of nitrogens with zero attached hydrogens (tertiary/aromatic N) is 2. The molecule has 32 heavy (non-hydrogen) atoms. The first-order valence-corrected chi connectivity index (χ1v) is 9.72. The van der Waals surface area contributed by atoms with Gasteiger partial charge in [-0.05, 0) is 42.8 Å². The SMILES string of the molecule is CCNC(=O)c1c(OC)cc(-c2cnc3cc(C4=CNOC=C4)ccn23)cc1OC(F)F. The summed E-state index contributed by atoms with van der Waals surface area (Å²) in [7, 11) is 1.36. The predicted molar refractivity (Wildman–Crippen MR) is 113 cm³/mol. The molecule has 8 nitrogen and oxygen atoms in total. The third-order valence-corrected chi connectivity index (χ3v) is 4.81.